The van der Waals surface area contributed by atoms with Gasteiger partial charge in [-0.3, -0.25) is 9.78 Å². The minimum atomic E-state index is -3.62. The molecule has 0 spiro atoms. The topological polar surface area (TPSA) is 123 Å². The smallest absolute Gasteiger partial charge is 0.258 e. The number of nitrogens with two attached hydrogens (primary N) is 2. The third kappa shape index (κ3) is 3.51. The van der Waals surface area contributed by atoms with Gasteiger partial charge >= 0.3 is 0 Å². The Balaban J connectivity index is 2.13. The third-order valence-corrected chi connectivity index (χ3v) is 7.19. The van der Waals surface area contributed by atoms with Crippen LogP contribution in [0.1, 0.15) is 10.9 Å². The van der Waals surface area contributed by atoms with Gasteiger partial charge in [-0.15, -0.1) is 0 Å². The number of carbonyl (C=O) groups excluding carboxylic acids is 1. The van der Waals surface area contributed by atoms with Crippen molar-refractivity contribution < 1.29 is 13.2 Å². The van der Waals surface area contributed by atoms with Crippen LogP contribution in [0, 0.1) is 0 Å². The van der Waals surface area contributed by atoms with Crippen molar-refractivity contribution in [1.82, 2.24) is 9.29 Å². The lowest BCUT2D eigenvalue weighted by molar-refractivity contribution is -0.113. The van der Waals surface area contributed by atoms with Crippen LogP contribution in [0.4, 0.5) is 5.69 Å². The lowest BCUT2D eigenvalue weighted by Gasteiger charge is -2.27. The summed E-state index contributed by atoms with van der Waals surface area (Å²) >= 11 is 1.21. The largest absolute Gasteiger partial charge is 0.384 e. The number of amides is 1. The molecule has 4 N–H and O–H groups in total. The van der Waals surface area contributed by atoms with Gasteiger partial charge in [-0.25, -0.2) is 12.7 Å². The van der Waals surface area contributed by atoms with Crippen LogP contribution in [0.5, 0.6) is 0 Å². The Morgan fingerprint density at radius 3 is 2.59 bits per heavy atom. The number of thioether (sulfide) groups is 1. The fraction of sp³-hybridized carbons (Fsp3) is 0.176. The van der Waals surface area contributed by atoms with Gasteiger partial charge in [0, 0.05) is 37.7 Å². The minimum Gasteiger partial charge on any atom is -0.384 e. The maximum absolute atomic E-state index is 12.5. The summed E-state index contributed by atoms with van der Waals surface area (Å²) in [6.45, 7) is 0. The molecule has 2 heterocycles. The van der Waals surface area contributed by atoms with Crippen molar-refractivity contribution in [3.8, 4) is 0 Å². The molecule has 0 fully saturated rings. The van der Waals surface area contributed by atoms with Gasteiger partial charge in [0.05, 0.1) is 4.90 Å². The van der Waals surface area contributed by atoms with E-state index in [9.17, 15) is 13.2 Å². The number of aromatic nitrogens is 1. The van der Waals surface area contributed by atoms with Crippen molar-refractivity contribution in [3.63, 3.8) is 0 Å². The van der Waals surface area contributed by atoms with Crippen LogP contribution < -0.4 is 16.4 Å². The standard InChI is InChI=1S/C17H19N5O3S2/c1-21(2)27(24,25)13-7-3-6-12(9-13)22-15(18)14(16(19)23)26-17(22)11-5-4-8-20-10-11/h3-10,17H,18H2,1-2H3,(H2,19,23). The van der Waals surface area contributed by atoms with E-state index in [0.29, 0.717) is 5.69 Å². The summed E-state index contributed by atoms with van der Waals surface area (Å²) in [4.78, 5) is 18.0. The van der Waals surface area contributed by atoms with Crippen molar-refractivity contribution in [2.45, 2.75) is 10.3 Å². The Bertz CT molecular complexity index is 1010. The summed E-state index contributed by atoms with van der Waals surface area (Å²) in [5.74, 6) is -0.452. The van der Waals surface area contributed by atoms with Crippen molar-refractivity contribution in [3.05, 3.63) is 65.1 Å². The van der Waals surface area contributed by atoms with Crippen LogP contribution in [0.2, 0.25) is 0 Å². The van der Waals surface area contributed by atoms with E-state index in [-0.39, 0.29) is 15.6 Å². The van der Waals surface area contributed by atoms with E-state index in [1.807, 2.05) is 6.07 Å². The van der Waals surface area contributed by atoms with E-state index < -0.39 is 21.3 Å². The molecule has 1 unspecified atom stereocenters. The van der Waals surface area contributed by atoms with E-state index in [1.54, 1.807) is 35.5 Å². The zero-order valence-corrected chi connectivity index (χ0v) is 16.4. The van der Waals surface area contributed by atoms with E-state index in [4.69, 9.17) is 11.5 Å². The second-order valence-corrected chi connectivity index (χ2v) is 9.23. The molecule has 0 saturated carbocycles. The molecule has 1 aliphatic heterocycles. The molecule has 10 heteroatoms. The molecule has 27 heavy (non-hydrogen) atoms. The summed E-state index contributed by atoms with van der Waals surface area (Å²) < 4.78 is 26.1. The quantitative estimate of drug-likeness (QED) is 0.766. The van der Waals surface area contributed by atoms with Gasteiger partial charge in [0.1, 0.15) is 16.1 Å². The molecule has 1 atom stereocenters. The van der Waals surface area contributed by atoms with Crippen molar-refractivity contribution in [2.75, 3.05) is 19.0 Å². The van der Waals surface area contributed by atoms with E-state index in [2.05, 4.69) is 4.98 Å². The summed E-state index contributed by atoms with van der Waals surface area (Å²) in [5.41, 5.74) is 13.0. The number of anilines is 1. The average Bonchev–Trinajstić information content (AvgIpc) is 3.00. The summed E-state index contributed by atoms with van der Waals surface area (Å²) in [6, 6.07) is 10.0. The fourth-order valence-corrected chi connectivity index (χ4v) is 4.78. The average molecular weight is 406 g/mol. The van der Waals surface area contributed by atoms with Gasteiger partial charge in [0.25, 0.3) is 5.91 Å². The number of rotatable bonds is 5. The number of benzene rings is 1. The second-order valence-electron chi connectivity index (χ2n) is 5.99. The van der Waals surface area contributed by atoms with Gasteiger partial charge in [-0.2, -0.15) is 0 Å². The highest BCUT2D eigenvalue weighted by molar-refractivity contribution is 8.04. The molecule has 142 valence electrons. The van der Waals surface area contributed by atoms with Crippen LogP contribution in [0.3, 0.4) is 0 Å². The van der Waals surface area contributed by atoms with Gasteiger partial charge < -0.3 is 16.4 Å². The molecule has 2 aromatic rings. The summed E-state index contributed by atoms with van der Waals surface area (Å²) in [7, 11) is -0.692. The fourth-order valence-electron chi connectivity index (χ4n) is 2.66. The van der Waals surface area contributed by atoms with Crippen LogP contribution >= 0.6 is 11.8 Å². The summed E-state index contributed by atoms with van der Waals surface area (Å²) in [5, 5.41) is -0.390. The van der Waals surface area contributed by atoms with Crippen molar-refractivity contribution in [1.29, 1.82) is 0 Å². The predicted octanol–water partition coefficient (Wildman–Crippen LogP) is 1.20. The van der Waals surface area contributed by atoms with Gasteiger partial charge in [-0.1, -0.05) is 23.9 Å². The van der Waals surface area contributed by atoms with E-state index in [0.717, 1.165) is 9.87 Å². The number of primary amides is 1. The van der Waals surface area contributed by atoms with E-state index in [1.165, 1.54) is 38.0 Å². The minimum absolute atomic E-state index is 0.125. The Hall–Kier alpha value is -2.56. The first kappa shape index (κ1) is 19.2. The Kier molecular flexibility index (Phi) is 5.13. The van der Waals surface area contributed by atoms with Crippen molar-refractivity contribution >= 4 is 33.4 Å². The molecule has 3 rings (SSSR count). The van der Waals surface area contributed by atoms with Crippen LogP contribution in [0.25, 0.3) is 0 Å². The zero-order chi connectivity index (χ0) is 19.8. The van der Waals surface area contributed by atoms with Gasteiger partial charge in [0.15, 0.2) is 0 Å². The molecule has 1 aromatic heterocycles. The maximum Gasteiger partial charge on any atom is 0.258 e. The normalized spacial score (nSPS) is 17.6. The highest BCUT2D eigenvalue weighted by Crippen LogP contribution is 2.48. The highest BCUT2D eigenvalue weighted by Gasteiger charge is 2.36. The monoisotopic (exact) mass is 405 g/mol. The van der Waals surface area contributed by atoms with Gasteiger partial charge in [0.2, 0.25) is 10.0 Å². The van der Waals surface area contributed by atoms with Crippen LogP contribution in [-0.2, 0) is 14.8 Å². The first-order valence-electron chi connectivity index (χ1n) is 7.91. The molecule has 0 saturated heterocycles. The van der Waals surface area contributed by atoms with Gasteiger partial charge in [-0.05, 0) is 24.3 Å². The molecule has 8 nitrogen and oxygen atoms in total. The third-order valence-electron chi connectivity index (χ3n) is 4.02. The number of nitrogens with zero attached hydrogens (tertiary/aromatic N) is 3. The van der Waals surface area contributed by atoms with Crippen molar-refractivity contribution in [2.24, 2.45) is 11.5 Å². The lowest BCUT2D eigenvalue weighted by atomic mass is 10.2. The number of carbonyl (C=O) groups is 1. The molecule has 1 amide bonds. The molecule has 0 bridgehead atoms. The van der Waals surface area contributed by atoms with E-state index >= 15 is 0 Å². The first-order valence-corrected chi connectivity index (χ1v) is 10.2. The Morgan fingerprint density at radius 1 is 1.26 bits per heavy atom. The number of hydrogen-bond acceptors (Lipinski definition) is 7. The number of hydrogen-bond donors (Lipinski definition) is 2. The molecular formula is C17H19N5O3S2. The maximum atomic E-state index is 12.5. The Labute approximate surface area is 161 Å². The molecular weight excluding hydrogens is 386 g/mol. The zero-order valence-electron chi connectivity index (χ0n) is 14.7. The molecule has 0 aliphatic carbocycles. The molecule has 1 aromatic carbocycles. The lowest BCUT2D eigenvalue weighted by Crippen LogP contribution is -2.28. The second kappa shape index (κ2) is 7.22. The Morgan fingerprint density at radius 2 is 2.00 bits per heavy atom. The number of pyridine rings is 1. The SMILES string of the molecule is CN(C)S(=O)(=O)c1cccc(N2C(N)=C(C(N)=O)SC2c2cccnc2)c1. The van der Waals surface area contributed by atoms with Crippen LogP contribution in [-0.4, -0.2) is 37.7 Å². The summed E-state index contributed by atoms with van der Waals surface area (Å²) in [6.07, 6.45) is 3.31. The number of sulfonamides is 1. The predicted molar refractivity (Wildman–Crippen MR) is 105 cm³/mol. The highest BCUT2D eigenvalue weighted by atomic mass is 32.2. The first-order chi connectivity index (χ1) is 12.7. The molecule has 1 aliphatic rings. The molecule has 0 radical (unpaired) electrons. The van der Waals surface area contributed by atoms with Crippen LogP contribution in [0.15, 0.2) is 64.4 Å².